The smallest absolute Gasteiger partial charge is 0.317 e. The molecule has 4 heteroatoms. The van der Waals surface area contributed by atoms with Crippen LogP contribution < -0.4 is 5.32 Å². The molecule has 0 heterocycles. The molecule has 1 fully saturated rings. The van der Waals surface area contributed by atoms with Crippen molar-refractivity contribution in [2.75, 3.05) is 13.7 Å². The van der Waals surface area contributed by atoms with E-state index in [2.05, 4.69) is 19.2 Å². The molecular formula is C15H30N2O2. The number of urea groups is 1. The Bertz CT molecular complexity index is 277. The molecule has 2 N–H and O–H groups in total. The van der Waals surface area contributed by atoms with Gasteiger partial charge < -0.3 is 15.3 Å². The van der Waals surface area contributed by atoms with Gasteiger partial charge in [0, 0.05) is 13.1 Å². The third kappa shape index (κ3) is 4.68. The van der Waals surface area contributed by atoms with Crippen LogP contribution in [-0.4, -0.2) is 41.8 Å². The van der Waals surface area contributed by atoms with Gasteiger partial charge >= 0.3 is 6.03 Å². The van der Waals surface area contributed by atoms with Gasteiger partial charge in [-0.1, -0.05) is 39.0 Å². The number of rotatable bonds is 5. The van der Waals surface area contributed by atoms with Gasteiger partial charge in [0.2, 0.25) is 0 Å². The molecule has 3 unspecified atom stereocenters. The number of nitrogens with one attached hydrogen (secondary N) is 1. The molecule has 0 bridgehead atoms. The van der Waals surface area contributed by atoms with Crippen molar-refractivity contribution < 1.29 is 9.90 Å². The Labute approximate surface area is 117 Å². The number of nitrogens with zero attached hydrogens (tertiary/aromatic N) is 1. The third-order valence-electron chi connectivity index (χ3n) is 4.78. The van der Waals surface area contributed by atoms with E-state index in [-0.39, 0.29) is 24.7 Å². The first-order valence-corrected chi connectivity index (χ1v) is 7.61. The SMILES string of the molecule is CC(NC(=O)N(C)C(C)CO)C(C)C1CCCCC1. The highest BCUT2D eigenvalue weighted by Gasteiger charge is 2.26. The number of hydrogen-bond donors (Lipinski definition) is 2. The summed E-state index contributed by atoms with van der Waals surface area (Å²) < 4.78 is 0. The molecular weight excluding hydrogens is 240 g/mol. The summed E-state index contributed by atoms with van der Waals surface area (Å²) in [6, 6.07) is -0.0437. The highest BCUT2D eigenvalue weighted by Crippen LogP contribution is 2.31. The van der Waals surface area contributed by atoms with Gasteiger partial charge in [0.25, 0.3) is 0 Å². The van der Waals surface area contributed by atoms with Crippen molar-refractivity contribution in [3.63, 3.8) is 0 Å². The van der Waals surface area contributed by atoms with E-state index < -0.39 is 0 Å². The average Bonchev–Trinajstić information content (AvgIpc) is 2.45. The molecule has 1 aliphatic rings. The highest BCUT2D eigenvalue weighted by atomic mass is 16.3. The third-order valence-corrected chi connectivity index (χ3v) is 4.78. The molecule has 0 aromatic rings. The molecule has 0 spiro atoms. The predicted molar refractivity (Wildman–Crippen MR) is 78.0 cm³/mol. The van der Waals surface area contributed by atoms with Gasteiger partial charge in [-0.2, -0.15) is 0 Å². The maximum Gasteiger partial charge on any atom is 0.317 e. The Balaban J connectivity index is 2.44. The fourth-order valence-corrected chi connectivity index (χ4v) is 2.82. The van der Waals surface area contributed by atoms with Crippen LogP contribution in [0.3, 0.4) is 0 Å². The highest BCUT2D eigenvalue weighted by molar-refractivity contribution is 5.74. The standard InChI is InChI=1S/C15H30N2O2/c1-11(10-18)17(4)15(19)16-13(3)12(2)14-8-6-5-7-9-14/h11-14,18H,5-10H2,1-4H3,(H,16,19). The van der Waals surface area contributed by atoms with Gasteiger partial charge in [-0.25, -0.2) is 4.79 Å². The second-order valence-electron chi connectivity index (χ2n) is 6.14. The second kappa shape index (κ2) is 7.73. The van der Waals surface area contributed by atoms with E-state index in [1.54, 1.807) is 11.9 Å². The Morgan fingerprint density at radius 1 is 1.26 bits per heavy atom. The Morgan fingerprint density at radius 3 is 2.37 bits per heavy atom. The molecule has 0 aromatic carbocycles. The molecule has 0 radical (unpaired) electrons. The summed E-state index contributed by atoms with van der Waals surface area (Å²) in [5, 5.41) is 12.1. The maximum absolute atomic E-state index is 12.0. The minimum atomic E-state index is -0.141. The zero-order chi connectivity index (χ0) is 14.4. The summed E-state index contributed by atoms with van der Waals surface area (Å²) in [6.45, 7) is 6.18. The van der Waals surface area contributed by atoms with Crippen LogP contribution in [0.15, 0.2) is 0 Å². The van der Waals surface area contributed by atoms with Crippen LogP contribution in [0.5, 0.6) is 0 Å². The Kier molecular flexibility index (Phi) is 6.63. The van der Waals surface area contributed by atoms with Gasteiger partial charge in [-0.05, 0) is 25.7 Å². The molecule has 4 nitrogen and oxygen atoms in total. The molecule has 2 amide bonds. The van der Waals surface area contributed by atoms with E-state index in [0.717, 1.165) is 5.92 Å². The van der Waals surface area contributed by atoms with Crippen LogP contribution in [0.25, 0.3) is 0 Å². The quantitative estimate of drug-likeness (QED) is 0.807. The van der Waals surface area contributed by atoms with Crippen LogP contribution in [-0.2, 0) is 0 Å². The van der Waals surface area contributed by atoms with E-state index >= 15 is 0 Å². The lowest BCUT2D eigenvalue weighted by Crippen LogP contribution is -2.49. The molecule has 0 aromatic heterocycles. The maximum atomic E-state index is 12.0. The van der Waals surface area contributed by atoms with E-state index in [1.165, 1.54) is 32.1 Å². The number of carbonyl (C=O) groups excluding carboxylic acids is 1. The summed E-state index contributed by atoms with van der Waals surface area (Å²) in [6.07, 6.45) is 6.61. The van der Waals surface area contributed by atoms with Gasteiger partial charge in [0.05, 0.1) is 12.6 Å². The largest absolute Gasteiger partial charge is 0.394 e. The number of carbonyl (C=O) groups is 1. The van der Waals surface area contributed by atoms with Crippen LogP contribution in [0.2, 0.25) is 0 Å². The number of aliphatic hydroxyl groups excluding tert-OH is 1. The van der Waals surface area contributed by atoms with E-state index in [1.807, 2.05) is 6.92 Å². The molecule has 0 aliphatic heterocycles. The van der Waals surface area contributed by atoms with E-state index in [9.17, 15) is 4.79 Å². The second-order valence-corrected chi connectivity index (χ2v) is 6.14. The van der Waals surface area contributed by atoms with Gasteiger partial charge in [-0.15, -0.1) is 0 Å². The monoisotopic (exact) mass is 270 g/mol. The average molecular weight is 270 g/mol. The zero-order valence-corrected chi connectivity index (χ0v) is 12.9. The minimum Gasteiger partial charge on any atom is -0.394 e. The minimum absolute atomic E-state index is 0.00349. The van der Waals surface area contributed by atoms with Crippen LogP contribution in [0, 0.1) is 11.8 Å². The van der Waals surface area contributed by atoms with Crippen molar-refractivity contribution in [2.45, 2.75) is 65.0 Å². The molecule has 3 atom stereocenters. The number of likely N-dealkylation sites (N-methyl/N-ethyl adjacent to an activating group) is 1. The molecule has 0 saturated heterocycles. The molecule has 112 valence electrons. The lowest BCUT2D eigenvalue weighted by atomic mass is 9.78. The number of hydrogen-bond acceptors (Lipinski definition) is 2. The summed E-state index contributed by atoms with van der Waals surface area (Å²) in [5.41, 5.74) is 0. The lowest BCUT2D eigenvalue weighted by Gasteiger charge is -2.33. The van der Waals surface area contributed by atoms with Crippen molar-refractivity contribution in [1.82, 2.24) is 10.2 Å². The van der Waals surface area contributed by atoms with Crippen molar-refractivity contribution >= 4 is 6.03 Å². The predicted octanol–water partition coefficient (Wildman–Crippen LogP) is 2.61. The van der Waals surface area contributed by atoms with Crippen molar-refractivity contribution in [3.05, 3.63) is 0 Å². The van der Waals surface area contributed by atoms with Gasteiger partial charge in [0.15, 0.2) is 0 Å². The van der Waals surface area contributed by atoms with Crippen molar-refractivity contribution in [3.8, 4) is 0 Å². The number of amides is 2. The van der Waals surface area contributed by atoms with Crippen LogP contribution in [0.4, 0.5) is 4.79 Å². The Hall–Kier alpha value is -0.770. The lowest BCUT2D eigenvalue weighted by molar-refractivity contribution is 0.148. The summed E-state index contributed by atoms with van der Waals surface area (Å²) in [7, 11) is 1.73. The van der Waals surface area contributed by atoms with E-state index in [0.29, 0.717) is 5.92 Å². The van der Waals surface area contributed by atoms with Gasteiger partial charge in [-0.3, -0.25) is 0 Å². The number of aliphatic hydroxyl groups is 1. The fourth-order valence-electron chi connectivity index (χ4n) is 2.82. The van der Waals surface area contributed by atoms with Gasteiger partial charge in [0.1, 0.15) is 0 Å². The topological polar surface area (TPSA) is 52.6 Å². The van der Waals surface area contributed by atoms with Crippen molar-refractivity contribution in [1.29, 1.82) is 0 Å². The summed E-state index contributed by atoms with van der Waals surface area (Å²) in [5.74, 6) is 1.26. The molecule has 1 saturated carbocycles. The first-order chi connectivity index (χ1) is 8.97. The summed E-state index contributed by atoms with van der Waals surface area (Å²) in [4.78, 5) is 13.6. The normalized spacial score (nSPS) is 21.5. The van der Waals surface area contributed by atoms with Crippen molar-refractivity contribution in [2.24, 2.45) is 11.8 Å². The van der Waals surface area contributed by atoms with Crippen LogP contribution in [0.1, 0.15) is 52.9 Å². The fraction of sp³-hybridized carbons (Fsp3) is 0.933. The molecule has 1 rings (SSSR count). The Morgan fingerprint density at radius 2 is 1.84 bits per heavy atom. The molecule has 1 aliphatic carbocycles. The summed E-state index contributed by atoms with van der Waals surface area (Å²) >= 11 is 0. The molecule has 19 heavy (non-hydrogen) atoms. The zero-order valence-electron chi connectivity index (χ0n) is 12.9. The van der Waals surface area contributed by atoms with E-state index in [4.69, 9.17) is 5.11 Å². The first-order valence-electron chi connectivity index (χ1n) is 7.61. The first kappa shape index (κ1) is 16.3. The van der Waals surface area contributed by atoms with Crippen LogP contribution >= 0.6 is 0 Å².